The molecule has 2 N–H and O–H groups in total. The number of ketones is 2. The fourth-order valence-corrected chi connectivity index (χ4v) is 5.62. The van der Waals surface area contributed by atoms with E-state index in [-0.39, 0.29) is 32.4 Å². The molecule has 0 aliphatic heterocycles. The minimum Gasteiger partial charge on any atom is -0.351 e. The molecule has 0 unspecified atom stereocenters. The van der Waals surface area contributed by atoms with Gasteiger partial charge in [-0.25, -0.2) is 8.42 Å². The first-order valence-electron chi connectivity index (χ1n) is 9.78. The lowest BCUT2D eigenvalue weighted by Crippen LogP contribution is -2.27. The molecule has 0 aromatic heterocycles. The molecule has 162 valence electrons. The van der Waals surface area contributed by atoms with Gasteiger partial charge in [-0.2, -0.15) is 0 Å². The average molecular weight is 465 g/mol. The summed E-state index contributed by atoms with van der Waals surface area (Å²) in [5.74, 6) is -0.798. The van der Waals surface area contributed by atoms with Gasteiger partial charge in [0.2, 0.25) is 21.6 Å². The van der Waals surface area contributed by atoms with Gasteiger partial charge in [0.05, 0.1) is 9.80 Å². The summed E-state index contributed by atoms with van der Waals surface area (Å²) in [7, 11) is -3.90. The van der Waals surface area contributed by atoms with Gasteiger partial charge in [0.25, 0.3) is 0 Å². The molecule has 0 heterocycles. The quantitative estimate of drug-likeness (QED) is 0.517. The SMILES string of the molecule is Cc1cc(C)cc(NC2=C(SNS(=O)(=O)c3ccccc3)C(=O)c3ccccc3C2=O)c1. The van der Waals surface area contributed by atoms with Crippen LogP contribution >= 0.6 is 11.9 Å². The summed E-state index contributed by atoms with van der Waals surface area (Å²) in [6.07, 6.45) is 0. The third kappa shape index (κ3) is 4.38. The third-order valence-corrected chi connectivity index (χ3v) is 7.57. The van der Waals surface area contributed by atoms with E-state index in [0.29, 0.717) is 17.6 Å². The van der Waals surface area contributed by atoms with Gasteiger partial charge in [-0.15, -0.1) is 4.13 Å². The van der Waals surface area contributed by atoms with Crippen molar-refractivity contribution in [3.8, 4) is 0 Å². The topological polar surface area (TPSA) is 92.3 Å². The maximum absolute atomic E-state index is 13.3. The van der Waals surface area contributed by atoms with Crippen molar-refractivity contribution in [1.82, 2.24) is 4.13 Å². The lowest BCUT2D eigenvalue weighted by molar-refractivity contribution is 0.0982. The summed E-state index contributed by atoms with van der Waals surface area (Å²) >= 11 is 0.619. The molecule has 0 radical (unpaired) electrons. The van der Waals surface area contributed by atoms with Gasteiger partial charge in [0.1, 0.15) is 5.70 Å². The molecule has 0 bridgehead atoms. The summed E-state index contributed by atoms with van der Waals surface area (Å²) in [5, 5.41) is 3.06. The maximum Gasteiger partial charge on any atom is 0.250 e. The Labute approximate surface area is 190 Å². The highest BCUT2D eigenvalue weighted by atomic mass is 32.3. The molecule has 3 aromatic rings. The molecule has 4 rings (SSSR count). The maximum atomic E-state index is 13.3. The zero-order valence-electron chi connectivity index (χ0n) is 17.4. The fourth-order valence-electron chi connectivity index (χ4n) is 3.50. The number of nitrogens with one attached hydrogen (secondary N) is 2. The van der Waals surface area contributed by atoms with Crippen molar-refractivity contribution in [1.29, 1.82) is 0 Å². The van der Waals surface area contributed by atoms with Crippen LogP contribution in [0.5, 0.6) is 0 Å². The Morgan fingerprint density at radius 3 is 1.94 bits per heavy atom. The molecular weight excluding hydrogens is 444 g/mol. The molecule has 1 aliphatic rings. The molecule has 0 fully saturated rings. The first-order valence-corrected chi connectivity index (χ1v) is 12.1. The Morgan fingerprint density at radius 2 is 1.31 bits per heavy atom. The van der Waals surface area contributed by atoms with Crippen molar-refractivity contribution in [2.45, 2.75) is 18.7 Å². The molecule has 1 aliphatic carbocycles. The van der Waals surface area contributed by atoms with Crippen molar-refractivity contribution < 1.29 is 18.0 Å². The van der Waals surface area contributed by atoms with Crippen molar-refractivity contribution >= 4 is 39.2 Å². The van der Waals surface area contributed by atoms with Crippen LogP contribution < -0.4 is 9.44 Å². The number of carbonyl (C=O) groups is 2. The molecule has 8 heteroatoms. The van der Waals surface area contributed by atoms with E-state index in [1.165, 1.54) is 12.1 Å². The smallest absolute Gasteiger partial charge is 0.250 e. The summed E-state index contributed by atoms with van der Waals surface area (Å²) < 4.78 is 27.8. The lowest BCUT2D eigenvalue weighted by atomic mass is 9.92. The van der Waals surface area contributed by atoms with E-state index in [4.69, 9.17) is 0 Å². The van der Waals surface area contributed by atoms with Gasteiger partial charge in [-0.3, -0.25) is 9.59 Å². The van der Waals surface area contributed by atoms with Crippen LogP contribution in [0.3, 0.4) is 0 Å². The van der Waals surface area contributed by atoms with E-state index < -0.39 is 15.8 Å². The van der Waals surface area contributed by atoms with Crippen LogP contribution in [0.25, 0.3) is 0 Å². The van der Waals surface area contributed by atoms with Crippen molar-refractivity contribution in [3.63, 3.8) is 0 Å². The Kier molecular flexibility index (Phi) is 6.01. The Balaban J connectivity index is 1.75. The first-order chi connectivity index (χ1) is 15.3. The molecule has 3 aromatic carbocycles. The number of benzene rings is 3. The van der Waals surface area contributed by atoms with Crippen LogP contribution in [0.15, 0.2) is 88.3 Å². The summed E-state index contributed by atoms with van der Waals surface area (Å²) in [6, 6.07) is 20.1. The van der Waals surface area contributed by atoms with Crippen LogP contribution in [0.1, 0.15) is 31.8 Å². The molecule has 0 saturated heterocycles. The number of allylic oxidation sites excluding steroid dienone is 2. The minimum absolute atomic E-state index is 0.00707. The zero-order valence-corrected chi connectivity index (χ0v) is 19.0. The Bertz CT molecular complexity index is 1340. The van der Waals surface area contributed by atoms with E-state index in [1.807, 2.05) is 32.0 Å². The normalized spacial score (nSPS) is 13.8. The van der Waals surface area contributed by atoms with Gasteiger partial charge in [-0.1, -0.05) is 48.5 Å². The van der Waals surface area contributed by atoms with Gasteiger partial charge in [0, 0.05) is 16.8 Å². The zero-order chi connectivity index (χ0) is 22.9. The predicted molar refractivity (Wildman–Crippen MR) is 126 cm³/mol. The summed E-state index contributed by atoms with van der Waals surface area (Å²) in [4.78, 5) is 26.6. The van der Waals surface area contributed by atoms with Crippen LogP contribution in [-0.2, 0) is 10.0 Å². The first kappa shape index (κ1) is 22.0. The second-order valence-electron chi connectivity index (χ2n) is 7.41. The number of rotatable bonds is 6. The van der Waals surface area contributed by atoms with E-state index >= 15 is 0 Å². The monoisotopic (exact) mass is 464 g/mol. The van der Waals surface area contributed by atoms with Crippen LogP contribution in [-0.4, -0.2) is 20.0 Å². The number of sulfonamides is 1. The molecule has 0 spiro atoms. The van der Waals surface area contributed by atoms with Gasteiger partial charge < -0.3 is 5.32 Å². The standard InChI is InChI=1S/C24H20N2O4S2/c1-15-12-16(2)14-17(13-15)25-21-22(27)19-10-6-7-11-20(19)23(28)24(21)31-26-32(29,30)18-8-4-3-5-9-18/h3-14,25-26H,1-2H3. The molecule has 32 heavy (non-hydrogen) atoms. The van der Waals surface area contributed by atoms with Gasteiger partial charge >= 0.3 is 0 Å². The second kappa shape index (κ2) is 8.74. The molecule has 0 amide bonds. The van der Waals surface area contributed by atoms with E-state index in [1.54, 1.807) is 42.5 Å². The largest absolute Gasteiger partial charge is 0.351 e. The predicted octanol–water partition coefficient (Wildman–Crippen LogP) is 4.63. The highest BCUT2D eigenvalue weighted by molar-refractivity contribution is 8.12. The number of anilines is 1. The number of aryl methyl sites for hydroxylation is 2. The summed E-state index contributed by atoms with van der Waals surface area (Å²) in [5.41, 5.74) is 3.18. The van der Waals surface area contributed by atoms with Gasteiger partial charge in [0.15, 0.2) is 0 Å². The molecular formula is C24H20N2O4S2. The van der Waals surface area contributed by atoms with Crippen LogP contribution in [0, 0.1) is 13.8 Å². The van der Waals surface area contributed by atoms with Crippen molar-refractivity contribution in [2.75, 3.05) is 5.32 Å². The number of hydrogen-bond acceptors (Lipinski definition) is 6. The average Bonchev–Trinajstić information content (AvgIpc) is 2.77. The Morgan fingerprint density at radius 1 is 0.750 bits per heavy atom. The molecule has 0 atom stereocenters. The number of fused-ring (bicyclic) bond motifs is 1. The van der Waals surface area contributed by atoms with Crippen molar-refractivity contribution in [2.24, 2.45) is 0 Å². The second-order valence-corrected chi connectivity index (χ2v) is 10.2. The van der Waals surface area contributed by atoms with E-state index in [2.05, 4.69) is 9.44 Å². The highest BCUT2D eigenvalue weighted by Crippen LogP contribution is 2.33. The number of Topliss-reactive ketones (excluding diaryl/α,β-unsaturated/α-hetero) is 2. The minimum atomic E-state index is -3.90. The number of carbonyl (C=O) groups excluding carboxylic acids is 2. The number of hydrogen-bond donors (Lipinski definition) is 2. The highest BCUT2D eigenvalue weighted by Gasteiger charge is 2.33. The van der Waals surface area contributed by atoms with Crippen LogP contribution in [0.4, 0.5) is 5.69 Å². The summed E-state index contributed by atoms with van der Waals surface area (Å²) in [6.45, 7) is 3.86. The Hall–Kier alpha value is -3.20. The van der Waals surface area contributed by atoms with E-state index in [0.717, 1.165) is 11.1 Å². The van der Waals surface area contributed by atoms with E-state index in [9.17, 15) is 18.0 Å². The van der Waals surface area contributed by atoms with Gasteiger partial charge in [-0.05, 0) is 61.2 Å². The fraction of sp³-hybridized carbons (Fsp3) is 0.0833. The van der Waals surface area contributed by atoms with Crippen LogP contribution in [0.2, 0.25) is 0 Å². The third-order valence-electron chi connectivity index (χ3n) is 4.87. The molecule has 6 nitrogen and oxygen atoms in total. The molecule has 0 saturated carbocycles. The lowest BCUT2D eigenvalue weighted by Gasteiger charge is -2.22. The van der Waals surface area contributed by atoms with Crippen molar-refractivity contribution in [3.05, 3.63) is 106 Å².